The molecule has 0 bridgehead atoms. The molecule has 2 atom stereocenters. The summed E-state index contributed by atoms with van der Waals surface area (Å²) in [4.78, 5) is 12.1. The van der Waals surface area contributed by atoms with Crippen LogP contribution in [-0.2, 0) is 4.79 Å². The van der Waals surface area contributed by atoms with Crippen molar-refractivity contribution in [3.63, 3.8) is 0 Å². The molecule has 1 rings (SSSR count). The third-order valence-corrected chi connectivity index (χ3v) is 5.32. The molecule has 0 spiro atoms. The van der Waals surface area contributed by atoms with Crippen LogP contribution in [0.5, 0.6) is 0 Å². The highest BCUT2D eigenvalue weighted by Gasteiger charge is 2.32. The van der Waals surface area contributed by atoms with Crippen LogP contribution in [0.4, 0.5) is 0 Å². The van der Waals surface area contributed by atoms with Gasteiger partial charge < -0.3 is 5.32 Å². The number of nitrogens with one attached hydrogen (secondary N) is 1. The van der Waals surface area contributed by atoms with Gasteiger partial charge in [0.1, 0.15) is 5.54 Å². The first-order valence-electron chi connectivity index (χ1n) is 6.78. The lowest BCUT2D eigenvalue weighted by atomic mass is 9.90. The molecule has 1 saturated carbocycles. The van der Waals surface area contributed by atoms with Crippen molar-refractivity contribution in [2.24, 2.45) is 5.92 Å². The Labute approximate surface area is 115 Å². The molecule has 0 unspecified atom stereocenters. The number of rotatable bonds is 5. The van der Waals surface area contributed by atoms with E-state index in [0.29, 0.717) is 5.25 Å². The van der Waals surface area contributed by atoms with E-state index in [1.807, 2.05) is 20.8 Å². The first-order chi connectivity index (χ1) is 8.39. The summed E-state index contributed by atoms with van der Waals surface area (Å²) in [5.41, 5.74) is -0.762. The lowest BCUT2D eigenvalue weighted by Crippen LogP contribution is -2.51. The molecule has 0 heterocycles. The molecule has 0 aromatic heterocycles. The number of nitriles is 1. The maximum atomic E-state index is 12.1. The highest BCUT2D eigenvalue weighted by molar-refractivity contribution is 8.01. The van der Waals surface area contributed by atoms with Crippen molar-refractivity contribution < 1.29 is 4.79 Å². The van der Waals surface area contributed by atoms with Gasteiger partial charge in [-0.1, -0.05) is 26.7 Å². The summed E-state index contributed by atoms with van der Waals surface area (Å²) in [5, 5.41) is 12.6. The van der Waals surface area contributed by atoms with Crippen molar-refractivity contribution in [1.29, 1.82) is 5.26 Å². The molecule has 102 valence electrons. The van der Waals surface area contributed by atoms with Gasteiger partial charge in [-0.3, -0.25) is 4.79 Å². The number of hydrogen-bond acceptors (Lipinski definition) is 3. The van der Waals surface area contributed by atoms with Crippen molar-refractivity contribution >= 4 is 17.7 Å². The van der Waals surface area contributed by atoms with Crippen LogP contribution in [0.15, 0.2) is 0 Å². The summed E-state index contributed by atoms with van der Waals surface area (Å²) in [6, 6.07) is 2.22. The Bertz CT molecular complexity index is 331. The van der Waals surface area contributed by atoms with Gasteiger partial charge >= 0.3 is 0 Å². The summed E-state index contributed by atoms with van der Waals surface area (Å²) in [5.74, 6) is 0.0970. The van der Waals surface area contributed by atoms with Crippen LogP contribution in [0.3, 0.4) is 0 Å². The minimum atomic E-state index is -0.762. The van der Waals surface area contributed by atoms with Crippen LogP contribution in [0.25, 0.3) is 0 Å². The Morgan fingerprint density at radius 3 is 2.39 bits per heavy atom. The highest BCUT2D eigenvalue weighted by Crippen LogP contribution is 2.32. The summed E-state index contributed by atoms with van der Waals surface area (Å²) in [7, 11) is 0. The van der Waals surface area contributed by atoms with E-state index in [2.05, 4.69) is 11.4 Å². The monoisotopic (exact) mass is 268 g/mol. The van der Waals surface area contributed by atoms with E-state index in [0.717, 1.165) is 0 Å². The van der Waals surface area contributed by atoms with Crippen LogP contribution in [0.2, 0.25) is 0 Å². The second kappa shape index (κ2) is 6.47. The first-order valence-corrected chi connectivity index (χ1v) is 7.72. The van der Waals surface area contributed by atoms with Gasteiger partial charge in [-0.15, -0.1) is 11.8 Å². The summed E-state index contributed by atoms with van der Waals surface area (Å²) in [6.07, 6.45) is 5.02. The van der Waals surface area contributed by atoms with E-state index in [9.17, 15) is 10.1 Å². The minimum absolute atomic E-state index is 0.00958. The molecule has 1 fully saturated rings. The zero-order valence-corrected chi connectivity index (χ0v) is 12.6. The molecule has 0 radical (unpaired) electrons. The smallest absolute Gasteiger partial charge is 0.234 e. The number of nitrogens with zero attached hydrogens (tertiary/aromatic N) is 1. The quantitative estimate of drug-likeness (QED) is 0.833. The van der Waals surface area contributed by atoms with E-state index in [1.165, 1.54) is 25.7 Å². The van der Waals surface area contributed by atoms with Crippen LogP contribution in [0.1, 0.15) is 53.4 Å². The Balaban J connectivity index is 2.51. The third kappa shape index (κ3) is 3.91. The van der Waals surface area contributed by atoms with Crippen LogP contribution in [-0.4, -0.2) is 21.9 Å². The van der Waals surface area contributed by atoms with Crippen molar-refractivity contribution in [1.82, 2.24) is 5.32 Å². The fraction of sp³-hybridized carbons (Fsp3) is 0.857. The molecule has 0 saturated heterocycles. The second-order valence-corrected chi connectivity index (χ2v) is 7.29. The largest absolute Gasteiger partial charge is 0.337 e. The topological polar surface area (TPSA) is 52.9 Å². The van der Waals surface area contributed by atoms with Crippen LogP contribution in [0, 0.1) is 17.2 Å². The van der Waals surface area contributed by atoms with Gasteiger partial charge in [-0.05, 0) is 32.6 Å². The van der Waals surface area contributed by atoms with Gasteiger partial charge in [-0.25, -0.2) is 0 Å². The fourth-order valence-corrected chi connectivity index (χ4v) is 3.40. The predicted molar refractivity (Wildman–Crippen MR) is 76.3 cm³/mol. The van der Waals surface area contributed by atoms with Crippen LogP contribution < -0.4 is 5.32 Å². The van der Waals surface area contributed by atoms with E-state index < -0.39 is 5.54 Å². The van der Waals surface area contributed by atoms with Crippen molar-refractivity contribution in [2.75, 3.05) is 0 Å². The molecule has 1 aliphatic carbocycles. The summed E-state index contributed by atoms with van der Waals surface area (Å²) in [6.45, 7) is 7.65. The molecule has 0 aromatic rings. The van der Waals surface area contributed by atoms with E-state index >= 15 is 0 Å². The fourth-order valence-electron chi connectivity index (χ4n) is 2.03. The van der Waals surface area contributed by atoms with Crippen molar-refractivity contribution in [3.8, 4) is 6.07 Å². The molecule has 18 heavy (non-hydrogen) atoms. The van der Waals surface area contributed by atoms with E-state index in [1.54, 1.807) is 18.7 Å². The van der Waals surface area contributed by atoms with Gasteiger partial charge in [0.05, 0.1) is 11.3 Å². The number of hydrogen-bond donors (Lipinski definition) is 1. The Morgan fingerprint density at radius 1 is 1.39 bits per heavy atom. The van der Waals surface area contributed by atoms with Gasteiger partial charge in [-0.2, -0.15) is 5.26 Å². The predicted octanol–water partition coefficient (Wildman–Crippen LogP) is 3.11. The van der Waals surface area contributed by atoms with Gasteiger partial charge in [0, 0.05) is 5.25 Å². The zero-order chi connectivity index (χ0) is 13.8. The SMILES string of the molecule is CC(C)[C@@](C)(C#N)NC(=O)[C@@H](C)SC1CCCC1. The molecule has 1 amide bonds. The van der Waals surface area contributed by atoms with E-state index in [4.69, 9.17) is 0 Å². The molecule has 1 aliphatic rings. The number of carbonyl (C=O) groups excluding carboxylic acids is 1. The van der Waals surface area contributed by atoms with Crippen molar-refractivity contribution in [2.45, 2.75) is 69.4 Å². The zero-order valence-electron chi connectivity index (χ0n) is 11.8. The van der Waals surface area contributed by atoms with Crippen LogP contribution >= 0.6 is 11.8 Å². The average molecular weight is 268 g/mol. The lowest BCUT2D eigenvalue weighted by molar-refractivity contribution is -0.121. The Morgan fingerprint density at radius 2 is 1.94 bits per heavy atom. The number of amides is 1. The molecule has 1 N–H and O–H groups in total. The molecule has 0 aliphatic heterocycles. The van der Waals surface area contributed by atoms with Gasteiger partial charge in [0.2, 0.25) is 5.91 Å². The second-order valence-electron chi connectivity index (χ2n) is 5.64. The average Bonchev–Trinajstić information content (AvgIpc) is 2.81. The Kier molecular flexibility index (Phi) is 5.52. The molecule has 4 heteroatoms. The third-order valence-electron chi connectivity index (χ3n) is 3.84. The van der Waals surface area contributed by atoms with Gasteiger partial charge in [0.15, 0.2) is 0 Å². The van der Waals surface area contributed by atoms with Crippen molar-refractivity contribution in [3.05, 3.63) is 0 Å². The van der Waals surface area contributed by atoms with Gasteiger partial charge in [0.25, 0.3) is 0 Å². The summed E-state index contributed by atoms with van der Waals surface area (Å²) < 4.78 is 0. The first kappa shape index (κ1) is 15.4. The van der Waals surface area contributed by atoms with E-state index in [-0.39, 0.29) is 17.1 Å². The molecule has 3 nitrogen and oxygen atoms in total. The normalized spacial score (nSPS) is 21.3. The molecular formula is C14H24N2OS. The standard InChI is InChI=1S/C14H24N2OS/c1-10(2)14(4,9-15)16-13(17)11(3)18-12-7-5-6-8-12/h10-12H,5-8H2,1-4H3,(H,16,17)/t11-,14-/m1/s1. The number of thioether (sulfide) groups is 1. The molecular weight excluding hydrogens is 244 g/mol. The lowest BCUT2D eigenvalue weighted by Gasteiger charge is -2.29. The maximum absolute atomic E-state index is 12.1. The minimum Gasteiger partial charge on any atom is -0.337 e. The highest BCUT2D eigenvalue weighted by atomic mass is 32.2. The Hall–Kier alpha value is -0.690. The summed E-state index contributed by atoms with van der Waals surface area (Å²) >= 11 is 1.76. The maximum Gasteiger partial charge on any atom is 0.234 e. The molecule has 0 aromatic carbocycles. The number of carbonyl (C=O) groups is 1.